The van der Waals surface area contributed by atoms with Gasteiger partial charge in [-0.3, -0.25) is 4.99 Å². The van der Waals surface area contributed by atoms with Crippen molar-refractivity contribution in [2.45, 2.75) is 51.2 Å². The maximum atomic E-state index is 6.06. The highest BCUT2D eigenvalue weighted by Gasteiger charge is 2.24. The Bertz CT molecular complexity index is 510. The van der Waals surface area contributed by atoms with Crippen molar-refractivity contribution in [2.24, 2.45) is 4.99 Å². The predicted octanol–water partition coefficient (Wildman–Crippen LogP) is 3.07. The van der Waals surface area contributed by atoms with E-state index < -0.39 is 0 Å². The van der Waals surface area contributed by atoms with Crippen LogP contribution in [0.15, 0.2) is 27.8 Å². The molecule has 0 saturated carbocycles. The van der Waals surface area contributed by atoms with Crippen molar-refractivity contribution in [3.63, 3.8) is 0 Å². The average molecular weight is 477 g/mol. The summed E-state index contributed by atoms with van der Waals surface area (Å²) in [6.07, 6.45) is 7.64. The molecule has 2 fully saturated rings. The van der Waals surface area contributed by atoms with Gasteiger partial charge in [-0.05, 0) is 44.7 Å². The maximum Gasteiger partial charge on any atom is 0.193 e. The van der Waals surface area contributed by atoms with Gasteiger partial charge >= 0.3 is 0 Å². The number of hydrogen-bond donors (Lipinski definition) is 1. The lowest BCUT2D eigenvalue weighted by Crippen LogP contribution is -2.47. The van der Waals surface area contributed by atoms with Gasteiger partial charge in [0.2, 0.25) is 0 Å². The third-order valence-corrected chi connectivity index (χ3v) is 4.82. The van der Waals surface area contributed by atoms with Crippen LogP contribution in [0.3, 0.4) is 0 Å². The average Bonchev–Trinajstić information content (AvgIpc) is 3.34. The molecule has 0 radical (unpaired) electrons. The number of piperidine rings is 1. The Morgan fingerprint density at radius 2 is 2.19 bits per heavy atom. The van der Waals surface area contributed by atoms with Crippen LogP contribution in [-0.2, 0) is 15.9 Å². The highest BCUT2D eigenvalue weighted by molar-refractivity contribution is 14.0. The molecule has 0 aliphatic carbocycles. The second-order valence-corrected chi connectivity index (χ2v) is 6.72. The zero-order valence-corrected chi connectivity index (χ0v) is 18.0. The molecular formula is C19H32IN3O3. The lowest BCUT2D eigenvalue weighted by molar-refractivity contribution is -0.0367. The molecule has 1 N–H and O–H groups in total. The second kappa shape index (κ2) is 11.8. The van der Waals surface area contributed by atoms with E-state index in [1.54, 1.807) is 6.26 Å². The minimum atomic E-state index is 0. The molecule has 0 bridgehead atoms. The van der Waals surface area contributed by atoms with Gasteiger partial charge in [0.15, 0.2) is 5.96 Å². The number of guanidine groups is 1. The van der Waals surface area contributed by atoms with Crippen molar-refractivity contribution in [3.8, 4) is 0 Å². The minimum absolute atomic E-state index is 0. The van der Waals surface area contributed by atoms with Crippen LogP contribution in [0.1, 0.15) is 38.4 Å². The van der Waals surface area contributed by atoms with Crippen molar-refractivity contribution < 1.29 is 13.9 Å². The van der Waals surface area contributed by atoms with E-state index in [9.17, 15) is 0 Å². The van der Waals surface area contributed by atoms with Gasteiger partial charge < -0.3 is 24.1 Å². The summed E-state index contributed by atoms with van der Waals surface area (Å²) in [6.45, 7) is 7.36. The summed E-state index contributed by atoms with van der Waals surface area (Å²) in [5, 5.41) is 3.41. The molecule has 3 heterocycles. The molecule has 1 unspecified atom stereocenters. The molecule has 2 saturated heterocycles. The van der Waals surface area contributed by atoms with Gasteiger partial charge in [-0.2, -0.15) is 0 Å². The van der Waals surface area contributed by atoms with E-state index in [2.05, 4.69) is 17.1 Å². The van der Waals surface area contributed by atoms with Crippen LogP contribution < -0.4 is 5.32 Å². The molecule has 1 aromatic rings. The molecule has 3 rings (SSSR count). The standard InChI is InChI=1S/C19H31N3O3.HI/c1-2-20-19(21-10-7-16-5-3-13-23-16)22-11-8-17(9-12-22)25-15-18-6-4-14-24-18;/h3,5,13,17-18H,2,4,6-12,14-15H2,1H3,(H,20,21);1H. The highest BCUT2D eigenvalue weighted by atomic mass is 127. The van der Waals surface area contributed by atoms with Gasteiger partial charge in [0.25, 0.3) is 0 Å². The number of hydrogen-bond acceptors (Lipinski definition) is 4. The number of nitrogens with zero attached hydrogens (tertiary/aromatic N) is 2. The maximum absolute atomic E-state index is 6.06. The van der Waals surface area contributed by atoms with Crippen molar-refractivity contribution in [1.82, 2.24) is 10.2 Å². The third-order valence-electron chi connectivity index (χ3n) is 4.82. The van der Waals surface area contributed by atoms with Crippen molar-refractivity contribution >= 4 is 29.9 Å². The lowest BCUT2D eigenvalue weighted by Gasteiger charge is -2.34. The number of likely N-dealkylation sites (tertiary alicyclic amines) is 1. The third kappa shape index (κ3) is 6.74. The largest absolute Gasteiger partial charge is 0.469 e. The predicted molar refractivity (Wildman–Crippen MR) is 113 cm³/mol. The SMILES string of the molecule is CCNC(=NCCc1ccco1)N1CCC(OCC2CCCO2)CC1.I. The minimum Gasteiger partial charge on any atom is -0.469 e. The molecule has 7 heteroatoms. The summed E-state index contributed by atoms with van der Waals surface area (Å²) in [7, 11) is 0. The van der Waals surface area contributed by atoms with Crippen molar-refractivity contribution in [3.05, 3.63) is 24.2 Å². The fraction of sp³-hybridized carbons (Fsp3) is 0.737. The topological polar surface area (TPSA) is 59.2 Å². The summed E-state index contributed by atoms with van der Waals surface area (Å²) >= 11 is 0. The number of rotatable bonds is 7. The van der Waals surface area contributed by atoms with Crippen LogP contribution in [0.25, 0.3) is 0 Å². The summed E-state index contributed by atoms with van der Waals surface area (Å²) < 4.78 is 17.1. The second-order valence-electron chi connectivity index (χ2n) is 6.72. The van der Waals surface area contributed by atoms with Gasteiger partial charge in [-0.1, -0.05) is 0 Å². The van der Waals surface area contributed by atoms with Crippen LogP contribution >= 0.6 is 24.0 Å². The molecule has 1 atom stereocenters. The van der Waals surface area contributed by atoms with Gasteiger partial charge in [0.05, 0.1) is 25.1 Å². The van der Waals surface area contributed by atoms with Crippen LogP contribution in [0, 0.1) is 0 Å². The Morgan fingerprint density at radius 1 is 1.35 bits per heavy atom. The van der Waals surface area contributed by atoms with E-state index in [0.717, 1.165) is 76.8 Å². The van der Waals surface area contributed by atoms with E-state index >= 15 is 0 Å². The molecular weight excluding hydrogens is 445 g/mol. The smallest absolute Gasteiger partial charge is 0.193 e. The van der Waals surface area contributed by atoms with E-state index in [4.69, 9.17) is 18.9 Å². The van der Waals surface area contributed by atoms with Crippen LogP contribution in [0.5, 0.6) is 0 Å². The summed E-state index contributed by atoms with van der Waals surface area (Å²) in [5.41, 5.74) is 0. The van der Waals surface area contributed by atoms with Gasteiger partial charge in [-0.15, -0.1) is 24.0 Å². The van der Waals surface area contributed by atoms with Crippen LogP contribution in [0.2, 0.25) is 0 Å². The van der Waals surface area contributed by atoms with E-state index in [-0.39, 0.29) is 24.0 Å². The van der Waals surface area contributed by atoms with E-state index in [1.165, 1.54) is 6.42 Å². The molecule has 26 heavy (non-hydrogen) atoms. The van der Waals surface area contributed by atoms with Crippen molar-refractivity contribution in [1.29, 1.82) is 0 Å². The Morgan fingerprint density at radius 3 is 2.85 bits per heavy atom. The molecule has 2 aliphatic heterocycles. The lowest BCUT2D eigenvalue weighted by atomic mass is 10.1. The molecule has 0 spiro atoms. The molecule has 148 valence electrons. The highest BCUT2D eigenvalue weighted by Crippen LogP contribution is 2.17. The Labute approximate surface area is 173 Å². The Balaban J connectivity index is 0.00000243. The molecule has 6 nitrogen and oxygen atoms in total. The molecule has 0 aromatic carbocycles. The van der Waals surface area contributed by atoms with Crippen molar-refractivity contribution in [2.75, 3.05) is 39.4 Å². The molecule has 1 aromatic heterocycles. The van der Waals surface area contributed by atoms with Crippen LogP contribution in [-0.4, -0.2) is 62.5 Å². The number of nitrogens with one attached hydrogen (secondary N) is 1. The zero-order valence-electron chi connectivity index (χ0n) is 15.7. The van der Waals surface area contributed by atoms with Gasteiger partial charge in [-0.25, -0.2) is 0 Å². The number of ether oxygens (including phenoxy) is 2. The fourth-order valence-corrected chi connectivity index (χ4v) is 3.41. The molecule has 2 aliphatic rings. The Hall–Kier alpha value is -0.800. The quantitative estimate of drug-likeness (QED) is 0.372. The van der Waals surface area contributed by atoms with Crippen LogP contribution in [0.4, 0.5) is 0 Å². The fourth-order valence-electron chi connectivity index (χ4n) is 3.41. The van der Waals surface area contributed by atoms with Gasteiger partial charge in [0.1, 0.15) is 5.76 Å². The first-order valence-electron chi connectivity index (χ1n) is 9.64. The van der Waals surface area contributed by atoms with Gasteiger partial charge in [0, 0.05) is 39.2 Å². The van der Waals surface area contributed by atoms with E-state index in [0.29, 0.717) is 12.2 Å². The first-order valence-corrected chi connectivity index (χ1v) is 9.64. The summed E-state index contributed by atoms with van der Waals surface area (Å²) in [6, 6.07) is 3.92. The molecule has 0 amide bonds. The Kier molecular flexibility index (Phi) is 9.77. The first kappa shape index (κ1) is 21.5. The normalized spacial score (nSPS) is 21.7. The number of aliphatic imine (C=N–C) groups is 1. The summed E-state index contributed by atoms with van der Waals surface area (Å²) in [4.78, 5) is 7.10. The summed E-state index contributed by atoms with van der Waals surface area (Å²) in [5.74, 6) is 1.99. The number of halogens is 1. The van der Waals surface area contributed by atoms with E-state index in [1.807, 2.05) is 12.1 Å². The zero-order chi connectivity index (χ0) is 17.3. The number of furan rings is 1. The monoisotopic (exact) mass is 477 g/mol. The first-order chi connectivity index (χ1) is 12.3.